The van der Waals surface area contributed by atoms with Crippen molar-refractivity contribution in [3.8, 4) is 0 Å². The van der Waals surface area contributed by atoms with E-state index in [0.717, 1.165) is 60.2 Å². The molecule has 0 saturated heterocycles. The molecule has 34 heavy (non-hydrogen) atoms. The van der Waals surface area contributed by atoms with Gasteiger partial charge >= 0.3 is 0 Å². The van der Waals surface area contributed by atoms with Crippen molar-refractivity contribution in [3.05, 3.63) is 59.6 Å². The highest BCUT2D eigenvalue weighted by Crippen LogP contribution is 2.38. The molecular weight excluding hydrogens is 442 g/mol. The van der Waals surface area contributed by atoms with Gasteiger partial charge in [-0.15, -0.1) is 11.3 Å². The standard InChI is InChI=1S/C28H37N3O2S/c1-28(2,3)29-27(33)26(24-20-21-12-5-8-15-23(21)34-24)31(22-13-6-7-14-22)25(32)16-11-19-30-17-9-4-10-18-30/h4-5,8-10,12,15,17,20,22,26H,6-7,11,13-14,16,18-19H2,1-3H3,(H,29,33). The van der Waals surface area contributed by atoms with E-state index in [0.29, 0.717) is 6.42 Å². The number of carbonyl (C=O) groups excluding carboxylic acids is 2. The Labute approximate surface area is 207 Å². The molecule has 0 bridgehead atoms. The maximum absolute atomic E-state index is 13.8. The molecule has 0 spiro atoms. The molecule has 6 heteroatoms. The van der Waals surface area contributed by atoms with E-state index < -0.39 is 6.04 Å². The molecule has 1 aliphatic carbocycles. The van der Waals surface area contributed by atoms with E-state index >= 15 is 0 Å². The van der Waals surface area contributed by atoms with Crippen molar-refractivity contribution in [3.63, 3.8) is 0 Å². The molecule has 1 atom stereocenters. The minimum Gasteiger partial charge on any atom is -0.374 e. The summed E-state index contributed by atoms with van der Waals surface area (Å²) in [5.74, 6) is 0.0124. The predicted molar refractivity (Wildman–Crippen MR) is 141 cm³/mol. The monoisotopic (exact) mass is 479 g/mol. The summed E-state index contributed by atoms with van der Waals surface area (Å²) < 4.78 is 1.15. The van der Waals surface area contributed by atoms with Gasteiger partial charge in [0, 0.05) is 40.7 Å². The average Bonchev–Trinajstić information content (AvgIpc) is 3.46. The molecule has 1 unspecified atom stereocenters. The maximum atomic E-state index is 13.8. The van der Waals surface area contributed by atoms with Gasteiger partial charge in [0.2, 0.25) is 11.8 Å². The fraction of sp³-hybridized carbons (Fsp3) is 0.500. The van der Waals surface area contributed by atoms with Gasteiger partial charge < -0.3 is 15.1 Å². The van der Waals surface area contributed by atoms with E-state index in [9.17, 15) is 9.59 Å². The summed E-state index contributed by atoms with van der Waals surface area (Å²) in [4.78, 5) is 32.6. The van der Waals surface area contributed by atoms with Crippen LogP contribution in [0, 0.1) is 0 Å². The van der Waals surface area contributed by atoms with E-state index in [1.807, 2.05) is 50.0 Å². The molecule has 1 saturated carbocycles. The highest BCUT2D eigenvalue weighted by molar-refractivity contribution is 7.19. The first-order valence-corrected chi connectivity index (χ1v) is 13.3. The van der Waals surface area contributed by atoms with Crippen LogP contribution in [0.25, 0.3) is 10.1 Å². The fourth-order valence-electron chi connectivity index (χ4n) is 4.94. The summed E-state index contributed by atoms with van der Waals surface area (Å²) in [6.07, 6.45) is 13.7. The van der Waals surface area contributed by atoms with Crippen LogP contribution < -0.4 is 5.32 Å². The number of carbonyl (C=O) groups is 2. The quantitative estimate of drug-likeness (QED) is 0.521. The lowest BCUT2D eigenvalue weighted by atomic mass is 10.0. The molecular formula is C28H37N3O2S. The third-order valence-electron chi connectivity index (χ3n) is 6.46. The summed E-state index contributed by atoms with van der Waals surface area (Å²) in [5.41, 5.74) is -0.371. The highest BCUT2D eigenvalue weighted by Gasteiger charge is 2.39. The van der Waals surface area contributed by atoms with E-state index in [1.165, 1.54) is 0 Å². The molecule has 1 aromatic heterocycles. The Morgan fingerprint density at radius 2 is 1.94 bits per heavy atom. The van der Waals surface area contributed by atoms with Crippen LogP contribution in [-0.2, 0) is 9.59 Å². The predicted octanol–water partition coefficient (Wildman–Crippen LogP) is 5.79. The summed E-state index contributed by atoms with van der Waals surface area (Å²) in [6.45, 7) is 7.71. The van der Waals surface area contributed by atoms with E-state index in [2.05, 4.69) is 40.7 Å². The molecule has 2 aromatic rings. The van der Waals surface area contributed by atoms with Crippen molar-refractivity contribution in [2.45, 2.75) is 76.9 Å². The number of nitrogens with one attached hydrogen (secondary N) is 1. The number of rotatable bonds is 8. The second-order valence-corrected chi connectivity index (χ2v) is 11.6. The van der Waals surface area contributed by atoms with Gasteiger partial charge in [-0.05, 0) is 69.8 Å². The molecule has 1 fully saturated rings. The SMILES string of the molecule is CC(C)(C)NC(=O)C(c1cc2ccccc2s1)N(C(=O)CCCN1C=CC=CC1)C1CCCC1. The lowest BCUT2D eigenvalue weighted by Gasteiger charge is -2.37. The average molecular weight is 480 g/mol. The zero-order valence-electron chi connectivity index (χ0n) is 20.6. The van der Waals surface area contributed by atoms with Crippen LogP contribution in [0.2, 0.25) is 0 Å². The molecule has 2 heterocycles. The molecule has 2 aliphatic rings. The summed E-state index contributed by atoms with van der Waals surface area (Å²) in [6, 6.07) is 9.84. The first kappa shape index (κ1) is 24.5. The van der Waals surface area contributed by atoms with Crippen LogP contribution in [-0.4, -0.2) is 46.3 Å². The van der Waals surface area contributed by atoms with Crippen LogP contribution in [0.3, 0.4) is 0 Å². The Hall–Kier alpha value is -2.60. The molecule has 0 radical (unpaired) electrons. The summed E-state index contributed by atoms with van der Waals surface area (Å²) in [5, 5.41) is 4.30. The number of fused-ring (bicyclic) bond motifs is 1. The maximum Gasteiger partial charge on any atom is 0.248 e. The summed E-state index contributed by atoms with van der Waals surface area (Å²) >= 11 is 1.63. The fourth-order valence-corrected chi connectivity index (χ4v) is 6.11. The molecule has 2 amide bonds. The number of benzene rings is 1. The van der Waals surface area contributed by atoms with Gasteiger partial charge in [-0.1, -0.05) is 43.2 Å². The molecule has 4 rings (SSSR count). The normalized spacial score (nSPS) is 17.3. The molecule has 1 aromatic carbocycles. The second-order valence-electron chi connectivity index (χ2n) is 10.4. The summed E-state index contributed by atoms with van der Waals surface area (Å²) in [7, 11) is 0. The Bertz CT molecular complexity index is 1030. The van der Waals surface area contributed by atoms with Crippen LogP contribution in [0.4, 0.5) is 0 Å². The number of hydrogen-bond acceptors (Lipinski definition) is 4. The first-order chi connectivity index (χ1) is 16.3. The minimum atomic E-state index is -0.593. The third-order valence-corrected chi connectivity index (χ3v) is 7.63. The van der Waals surface area contributed by atoms with E-state index in [-0.39, 0.29) is 23.4 Å². The highest BCUT2D eigenvalue weighted by atomic mass is 32.1. The Morgan fingerprint density at radius 1 is 1.18 bits per heavy atom. The third kappa shape index (κ3) is 6.09. The van der Waals surface area contributed by atoms with E-state index in [4.69, 9.17) is 0 Å². The lowest BCUT2D eigenvalue weighted by molar-refractivity contribution is -0.144. The van der Waals surface area contributed by atoms with Crippen molar-refractivity contribution in [2.24, 2.45) is 0 Å². The van der Waals surface area contributed by atoms with Gasteiger partial charge in [0.1, 0.15) is 6.04 Å². The largest absolute Gasteiger partial charge is 0.374 e. The zero-order chi connectivity index (χ0) is 24.1. The smallest absolute Gasteiger partial charge is 0.248 e. The Balaban J connectivity index is 1.61. The second kappa shape index (κ2) is 10.8. The Kier molecular flexibility index (Phi) is 7.77. The first-order valence-electron chi connectivity index (χ1n) is 12.5. The number of amides is 2. The number of nitrogens with zero attached hydrogens (tertiary/aromatic N) is 2. The molecule has 182 valence electrons. The zero-order valence-corrected chi connectivity index (χ0v) is 21.4. The Morgan fingerprint density at radius 3 is 2.62 bits per heavy atom. The van der Waals surface area contributed by atoms with Gasteiger partial charge in [0.05, 0.1) is 0 Å². The lowest BCUT2D eigenvalue weighted by Crippen LogP contribution is -2.51. The van der Waals surface area contributed by atoms with Gasteiger partial charge in [0.25, 0.3) is 0 Å². The van der Waals surface area contributed by atoms with Crippen molar-refractivity contribution in [1.82, 2.24) is 15.1 Å². The van der Waals surface area contributed by atoms with Crippen LogP contribution in [0.1, 0.15) is 70.2 Å². The van der Waals surface area contributed by atoms with Gasteiger partial charge in [-0.25, -0.2) is 0 Å². The minimum absolute atomic E-state index is 0.0802. The van der Waals surface area contributed by atoms with Gasteiger partial charge in [0.15, 0.2) is 0 Å². The van der Waals surface area contributed by atoms with Crippen LogP contribution in [0.5, 0.6) is 0 Å². The van der Waals surface area contributed by atoms with E-state index in [1.54, 1.807) is 11.3 Å². The van der Waals surface area contributed by atoms with Crippen molar-refractivity contribution < 1.29 is 9.59 Å². The number of hydrogen-bond donors (Lipinski definition) is 1. The number of thiophene rings is 1. The molecule has 5 nitrogen and oxygen atoms in total. The van der Waals surface area contributed by atoms with Crippen LogP contribution in [0.15, 0.2) is 54.8 Å². The van der Waals surface area contributed by atoms with Crippen molar-refractivity contribution in [2.75, 3.05) is 13.1 Å². The van der Waals surface area contributed by atoms with Crippen molar-refractivity contribution in [1.29, 1.82) is 0 Å². The van der Waals surface area contributed by atoms with Crippen molar-refractivity contribution >= 4 is 33.2 Å². The number of allylic oxidation sites excluding steroid dienone is 2. The van der Waals surface area contributed by atoms with Gasteiger partial charge in [-0.2, -0.15) is 0 Å². The topological polar surface area (TPSA) is 52.7 Å². The molecule has 1 aliphatic heterocycles. The van der Waals surface area contributed by atoms with Crippen LogP contribution >= 0.6 is 11.3 Å². The molecule has 1 N–H and O–H groups in total. The van der Waals surface area contributed by atoms with Gasteiger partial charge in [-0.3, -0.25) is 9.59 Å².